The summed E-state index contributed by atoms with van der Waals surface area (Å²) in [7, 11) is 0. The maximum atomic E-state index is 12.2. The molecular weight excluding hydrogens is 224 g/mol. The number of rotatable bonds is 8. The van der Waals surface area contributed by atoms with Gasteiger partial charge in [-0.1, -0.05) is 26.7 Å². The molecule has 1 rings (SSSR count). The first-order valence-electron chi connectivity index (χ1n) is 7.72. The van der Waals surface area contributed by atoms with Crippen molar-refractivity contribution >= 4 is 5.91 Å². The number of likely N-dealkylation sites (tertiary alicyclic amines) is 1. The van der Waals surface area contributed by atoms with Crippen molar-refractivity contribution < 1.29 is 4.79 Å². The van der Waals surface area contributed by atoms with Crippen molar-refractivity contribution in [2.24, 2.45) is 11.7 Å². The molecule has 18 heavy (non-hydrogen) atoms. The third kappa shape index (κ3) is 4.60. The minimum absolute atomic E-state index is 0.373. The number of amides is 1. The summed E-state index contributed by atoms with van der Waals surface area (Å²) in [6.07, 6.45) is 8.71. The summed E-state index contributed by atoms with van der Waals surface area (Å²) in [6.45, 7) is 6.12. The third-order valence-corrected chi connectivity index (χ3v) is 4.21. The van der Waals surface area contributed by atoms with Gasteiger partial charge in [0, 0.05) is 19.0 Å². The molecule has 2 atom stereocenters. The van der Waals surface area contributed by atoms with Crippen molar-refractivity contribution in [2.45, 2.75) is 71.3 Å². The molecule has 106 valence electrons. The molecule has 1 aliphatic rings. The number of hydrogen-bond donors (Lipinski definition) is 1. The van der Waals surface area contributed by atoms with E-state index in [1.807, 2.05) is 0 Å². The topological polar surface area (TPSA) is 46.3 Å². The fourth-order valence-electron chi connectivity index (χ4n) is 3.14. The first kappa shape index (κ1) is 15.5. The van der Waals surface area contributed by atoms with Crippen LogP contribution in [0.3, 0.4) is 0 Å². The predicted octanol–water partition coefficient (Wildman–Crippen LogP) is 2.93. The normalized spacial score (nSPS) is 21.3. The van der Waals surface area contributed by atoms with Crippen LogP contribution in [0.2, 0.25) is 0 Å². The second-order valence-corrected chi connectivity index (χ2v) is 5.56. The molecular formula is C15H30N2O. The van der Waals surface area contributed by atoms with Crippen molar-refractivity contribution in [3.8, 4) is 0 Å². The molecule has 1 amide bonds. The van der Waals surface area contributed by atoms with Crippen LogP contribution in [-0.4, -0.2) is 29.9 Å². The molecule has 3 heteroatoms. The highest BCUT2D eigenvalue weighted by Crippen LogP contribution is 2.23. The Morgan fingerprint density at radius 2 is 2.11 bits per heavy atom. The summed E-state index contributed by atoms with van der Waals surface area (Å²) in [6, 6.07) is 0.511. The monoisotopic (exact) mass is 254 g/mol. The molecule has 0 bridgehead atoms. The lowest BCUT2D eigenvalue weighted by Gasteiger charge is -2.24. The van der Waals surface area contributed by atoms with E-state index in [2.05, 4.69) is 18.7 Å². The maximum Gasteiger partial charge on any atom is 0.222 e. The smallest absolute Gasteiger partial charge is 0.222 e. The molecule has 1 fully saturated rings. The fraction of sp³-hybridized carbons (Fsp3) is 0.933. The Morgan fingerprint density at radius 3 is 2.72 bits per heavy atom. The summed E-state index contributed by atoms with van der Waals surface area (Å²) in [5.74, 6) is 1.02. The van der Waals surface area contributed by atoms with E-state index in [1.165, 1.54) is 25.7 Å². The molecule has 0 aromatic rings. The summed E-state index contributed by atoms with van der Waals surface area (Å²) < 4.78 is 0. The van der Waals surface area contributed by atoms with E-state index in [1.54, 1.807) is 0 Å². The van der Waals surface area contributed by atoms with Crippen LogP contribution < -0.4 is 5.73 Å². The van der Waals surface area contributed by atoms with E-state index in [4.69, 9.17) is 5.73 Å². The summed E-state index contributed by atoms with van der Waals surface area (Å²) in [4.78, 5) is 14.3. The summed E-state index contributed by atoms with van der Waals surface area (Å²) >= 11 is 0. The van der Waals surface area contributed by atoms with E-state index in [-0.39, 0.29) is 0 Å². The lowest BCUT2D eigenvalue weighted by molar-refractivity contribution is -0.132. The van der Waals surface area contributed by atoms with Gasteiger partial charge in [0.15, 0.2) is 0 Å². The predicted molar refractivity (Wildman–Crippen MR) is 76.3 cm³/mol. The Labute approximate surface area is 112 Å². The van der Waals surface area contributed by atoms with Gasteiger partial charge in [-0.15, -0.1) is 0 Å². The van der Waals surface area contributed by atoms with E-state index in [0.29, 0.717) is 17.9 Å². The first-order chi connectivity index (χ1) is 8.72. The standard InChI is InChI=1S/C15H30N2O/c1-3-6-13(10-11-16)8-9-15(18)17-12-5-7-14(17)4-2/h13-14H,3-12,16H2,1-2H3. The van der Waals surface area contributed by atoms with Crippen molar-refractivity contribution in [1.29, 1.82) is 0 Å². The van der Waals surface area contributed by atoms with Gasteiger partial charge >= 0.3 is 0 Å². The van der Waals surface area contributed by atoms with Gasteiger partial charge in [0.05, 0.1) is 0 Å². The van der Waals surface area contributed by atoms with Crippen LogP contribution in [-0.2, 0) is 4.79 Å². The number of carbonyl (C=O) groups is 1. The van der Waals surface area contributed by atoms with Gasteiger partial charge in [-0.3, -0.25) is 4.79 Å². The van der Waals surface area contributed by atoms with E-state index in [0.717, 1.165) is 38.8 Å². The molecule has 0 spiro atoms. The lowest BCUT2D eigenvalue weighted by atomic mass is 9.94. The van der Waals surface area contributed by atoms with Crippen molar-refractivity contribution in [2.75, 3.05) is 13.1 Å². The average Bonchev–Trinajstić information content (AvgIpc) is 2.84. The number of nitrogens with two attached hydrogens (primary N) is 1. The summed E-state index contributed by atoms with van der Waals surface area (Å²) in [5.41, 5.74) is 5.64. The van der Waals surface area contributed by atoms with Gasteiger partial charge < -0.3 is 10.6 Å². The van der Waals surface area contributed by atoms with Gasteiger partial charge in [0.25, 0.3) is 0 Å². The second-order valence-electron chi connectivity index (χ2n) is 5.56. The van der Waals surface area contributed by atoms with Crippen LogP contribution in [0.1, 0.15) is 65.2 Å². The summed E-state index contributed by atoms with van der Waals surface area (Å²) in [5, 5.41) is 0. The van der Waals surface area contributed by atoms with Gasteiger partial charge in [-0.25, -0.2) is 0 Å². The fourth-order valence-corrected chi connectivity index (χ4v) is 3.14. The SMILES string of the molecule is CCCC(CCN)CCC(=O)N1CCCC1CC. The van der Waals surface area contributed by atoms with Crippen LogP contribution in [0.5, 0.6) is 0 Å². The molecule has 3 nitrogen and oxygen atoms in total. The van der Waals surface area contributed by atoms with Gasteiger partial charge in [-0.2, -0.15) is 0 Å². The van der Waals surface area contributed by atoms with Crippen LogP contribution in [0, 0.1) is 5.92 Å². The van der Waals surface area contributed by atoms with Crippen LogP contribution in [0.15, 0.2) is 0 Å². The molecule has 2 unspecified atom stereocenters. The highest BCUT2D eigenvalue weighted by molar-refractivity contribution is 5.76. The zero-order valence-corrected chi connectivity index (χ0v) is 12.2. The third-order valence-electron chi connectivity index (χ3n) is 4.21. The molecule has 1 aliphatic heterocycles. The van der Waals surface area contributed by atoms with Gasteiger partial charge in [0.2, 0.25) is 5.91 Å². The van der Waals surface area contributed by atoms with Crippen LogP contribution in [0.4, 0.5) is 0 Å². The average molecular weight is 254 g/mol. The molecule has 0 radical (unpaired) electrons. The zero-order valence-electron chi connectivity index (χ0n) is 12.2. The molecule has 2 N–H and O–H groups in total. The quantitative estimate of drug-likeness (QED) is 0.724. The van der Waals surface area contributed by atoms with Crippen LogP contribution in [0.25, 0.3) is 0 Å². The highest BCUT2D eigenvalue weighted by atomic mass is 16.2. The Balaban J connectivity index is 2.34. The van der Waals surface area contributed by atoms with Gasteiger partial charge in [-0.05, 0) is 44.6 Å². The first-order valence-corrected chi connectivity index (χ1v) is 7.72. The van der Waals surface area contributed by atoms with E-state index < -0.39 is 0 Å². The van der Waals surface area contributed by atoms with E-state index in [9.17, 15) is 4.79 Å². The molecule has 0 aliphatic carbocycles. The van der Waals surface area contributed by atoms with Gasteiger partial charge in [0.1, 0.15) is 0 Å². The minimum atomic E-state index is 0.373. The maximum absolute atomic E-state index is 12.2. The lowest BCUT2D eigenvalue weighted by Crippen LogP contribution is -2.35. The van der Waals surface area contributed by atoms with Crippen molar-refractivity contribution in [1.82, 2.24) is 4.90 Å². The Hall–Kier alpha value is -0.570. The van der Waals surface area contributed by atoms with Crippen molar-refractivity contribution in [3.63, 3.8) is 0 Å². The zero-order chi connectivity index (χ0) is 13.4. The Morgan fingerprint density at radius 1 is 1.33 bits per heavy atom. The molecule has 1 saturated heterocycles. The van der Waals surface area contributed by atoms with Crippen molar-refractivity contribution in [3.05, 3.63) is 0 Å². The molecule has 1 heterocycles. The van der Waals surface area contributed by atoms with Crippen LogP contribution >= 0.6 is 0 Å². The molecule has 0 aromatic carbocycles. The molecule has 0 aromatic heterocycles. The second kappa shape index (κ2) is 8.52. The van der Waals surface area contributed by atoms with E-state index >= 15 is 0 Å². The number of carbonyl (C=O) groups excluding carboxylic acids is 1. The minimum Gasteiger partial charge on any atom is -0.340 e. The highest BCUT2D eigenvalue weighted by Gasteiger charge is 2.27. The molecule has 0 saturated carbocycles. The Kier molecular flexibility index (Phi) is 7.33. The largest absolute Gasteiger partial charge is 0.340 e. The Bertz CT molecular complexity index is 237. The number of nitrogens with zero attached hydrogens (tertiary/aromatic N) is 1. The number of hydrogen-bond acceptors (Lipinski definition) is 2.